The Morgan fingerprint density at radius 3 is 3.00 bits per heavy atom. The largest absolute Gasteiger partial charge is 0.365 e. The molecule has 1 atom stereocenters. The minimum Gasteiger partial charge on any atom is -0.365 e. The van der Waals surface area contributed by atoms with E-state index in [1.807, 2.05) is 11.8 Å². The Bertz CT molecular complexity index is 187. The van der Waals surface area contributed by atoms with Gasteiger partial charge in [0.05, 0.1) is 6.54 Å². The van der Waals surface area contributed by atoms with Crippen molar-refractivity contribution in [2.75, 3.05) is 13.1 Å². The summed E-state index contributed by atoms with van der Waals surface area (Å²) in [5, 5.41) is 5.35. The maximum Gasteiger partial charge on any atom is 0.156 e. The molecule has 0 aromatic heterocycles. The second kappa shape index (κ2) is 3.69. The average molecular weight is 184 g/mol. The molecular formula is C9H16N2S. The number of thioether (sulfide) groups is 1. The Morgan fingerprint density at radius 2 is 2.42 bits per heavy atom. The first-order chi connectivity index (χ1) is 5.88. The van der Waals surface area contributed by atoms with Crippen molar-refractivity contribution in [3.63, 3.8) is 0 Å². The van der Waals surface area contributed by atoms with Crippen LogP contribution in [0.25, 0.3) is 0 Å². The number of hydrogen-bond donors (Lipinski definition) is 1. The molecule has 1 heterocycles. The Balaban J connectivity index is 1.67. The van der Waals surface area contributed by atoms with E-state index in [4.69, 9.17) is 0 Å². The van der Waals surface area contributed by atoms with E-state index in [0.29, 0.717) is 0 Å². The Labute approximate surface area is 78.2 Å². The molecule has 2 rings (SSSR count). The molecule has 1 aliphatic heterocycles. The minimum atomic E-state index is 0.742. The molecule has 0 amide bonds. The zero-order valence-corrected chi connectivity index (χ0v) is 8.36. The fourth-order valence-electron chi connectivity index (χ4n) is 1.28. The molecule has 12 heavy (non-hydrogen) atoms. The lowest BCUT2D eigenvalue weighted by molar-refractivity contribution is 0.775. The third kappa shape index (κ3) is 2.16. The SMILES string of the molecule is CCC1CN=C(NCC2CC2)S1. The van der Waals surface area contributed by atoms with Crippen molar-refractivity contribution < 1.29 is 0 Å². The highest BCUT2D eigenvalue weighted by Gasteiger charge is 2.23. The molecule has 0 bridgehead atoms. The lowest BCUT2D eigenvalue weighted by atomic mass is 10.3. The quantitative estimate of drug-likeness (QED) is 0.724. The predicted molar refractivity (Wildman–Crippen MR) is 54.7 cm³/mol. The summed E-state index contributed by atoms with van der Waals surface area (Å²) in [7, 11) is 0. The average Bonchev–Trinajstić information content (AvgIpc) is 2.81. The molecule has 68 valence electrons. The van der Waals surface area contributed by atoms with Gasteiger partial charge in [-0.1, -0.05) is 18.7 Å². The molecule has 1 saturated carbocycles. The van der Waals surface area contributed by atoms with E-state index in [2.05, 4.69) is 17.2 Å². The topological polar surface area (TPSA) is 24.4 Å². The second-order valence-corrected chi connectivity index (χ2v) is 4.91. The van der Waals surface area contributed by atoms with Gasteiger partial charge in [-0.05, 0) is 25.2 Å². The molecule has 1 unspecified atom stereocenters. The number of aliphatic imine (C=N–C) groups is 1. The van der Waals surface area contributed by atoms with E-state index < -0.39 is 0 Å². The molecule has 0 saturated heterocycles. The predicted octanol–water partition coefficient (Wildman–Crippen LogP) is 1.87. The third-order valence-corrected chi connectivity index (χ3v) is 3.72. The maximum absolute atomic E-state index is 4.46. The Hall–Kier alpha value is -0.180. The lowest BCUT2D eigenvalue weighted by Gasteiger charge is -2.05. The van der Waals surface area contributed by atoms with Crippen molar-refractivity contribution in [1.82, 2.24) is 5.32 Å². The van der Waals surface area contributed by atoms with Crippen LogP contribution in [0.2, 0.25) is 0 Å². The van der Waals surface area contributed by atoms with Crippen molar-refractivity contribution in [2.24, 2.45) is 10.9 Å². The highest BCUT2D eigenvalue weighted by molar-refractivity contribution is 8.14. The van der Waals surface area contributed by atoms with Crippen LogP contribution < -0.4 is 5.32 Å². The second-order valence-electron chi connectivity index (χ2n) is 3.62. The standard InChI is InChI=1S/C9H16N2S/c1-2-8-6-11-9(12-8)10-5-7-3-4-7/h7-8H,2-6H2,1H3,(H,10,11). The third-order valence-electron chi connectivity index (χ3n) is 2.41. The fraction of sp³-hybridized carbons (Fsp3) is 0.889. The van der Waals surface area contributed by atoms with Gasteiger partial charge in [0.2, 0.25) is 0 Å². The molecule has 0 spiro atoms. The van der Waals surface area contributed by atoms with Crippen LogP contribution in [0.5, 0.6) is 0 Å². The van der Waals surface area contributed by atoms with Crippen LogP contribution in [-0.2, 0) is 0 Å². The molecular weight excluding hydrogens is 168 g/mol. The maximum atomic E-state index is 4.46. The number of nitrogens with one attached hydrogen (secondary N) is 1. The molecule has 0 radical (unpaired) electrons. The molecule has 3 heteroatoms. The highest BCUT2D eigenvalue weighted by atomic mass is 32.2. The summed E-state index contributed by atoms with van der Waals surface area (Å²) in [4.78, 5) is 4.46. The van der Waals surface area contributed by atoms with Crippen LogP contribution in [0.15, 0.2) is 4.99 Å². The summed E-state index contributed by atoms with van der Waals surface area (Å²) in [5.41, 5.74) is 0. The van der Waals surface area contributed by atoms with E-state index in [-0.39, 0.29) is 0 Å². The van der Waals surface area contributed by atoms with Crippen LogP contribution in [0, 0.1) is 5.92 Å². The summed E-state index contributed by atoms with van der Waals surface area (Å²) in [6, 6.07) is 0. The van der Waals surface area contributed by atoms with Gasteiger partial charge in [0.1, 0.15) is 0 Å². The van der Waals surface area contributed by atoms with Crippen LogP contribution in [0.3, 0.4) is 0 Å². The van der Waals surface area contributed by atoms with Gasteiger partial charge >= 0.3 is 0 Å². The smallest absolute Gasteiger partial charge is 0.156 e. The van der Waals surface area contributed by atoms with E-state index in [1.165, 1.54) is 24.4 Å². The van der Waals surface area contributed by atoms with Crippen molar-refractivity contribution >= 4 is 16.9 Å². The zero-order valence-electron chi connectivity index (χ0n) is 7.55. The van der Waals surface area contributed by atoms with Gasteiger partial charge in [0, 0.05) is 11.8 Å². The van der Waals surface area contributed by atoms with E-state index in [1.54, 1.807) is 0 Å². The van der Waals surface area contributed by atoms with Gasteiger partial charge in [-0.2, -0.15) is 0 Å². The van der Waals surface area contributed by atoms with E-state index >= 15 is 0 Å². The Kier molecular flexibility index (Phi) is 2.59. The molecule has 2 aliphatic rings. The van der Waals surface area contributed by atoms with Crippen LogP contribution in [0.1, 0.15) is 26.2 Å². The van der Waals surface area contributed by atoms with Crippen LogP contribution >= 0.6 is 11.8 Å². The highest BCUT2D eigenvalue weighted by Crippen LogP contribution is 2.28. The van der Waals surface area contributed by atoms with Gasteiger partial charge in [0.15, 0.2) is 5.17 Å². The van der Waals surface area contributed by atoms with Gasteiger partial charge in [-0.15, -0.1) is 0 Å². The lowest BCUT2D eigenvalue weighted by Crippen LogP contribution is -2.21. The van der Waals surface area contributed by atoms with Crippen molar-refractivity contribution in [1.29, 1.82) is 0 Å². The van der Waals surface area contributed by atoms with Gasteiger partial charge in [-0.25, -0.2) is 0 Å². The molecule has 0 aromatic rings. The first-order valence-corrected chi connectivity index (χ1v) is 5.71. The first kappa shape index (κ1) is 8.42. The summed E-state index contributed by atoms with van der Waals surface area (Å²) < 4.78 is 0. The van der Waals surface area contributed by atoms with Crippen molar-refractivity contribution in [2.45, 2.75) is 31.4 Å². The Morgan fingerprint density at radius 1 is 1.58 bits per heavy atom. The van der Waals surface area contributed by atoms with Crippen molar-refractivity contribution in [3.8, 4) is 0 Å². The van der Waals surface area contributed by atoms with E-state index in [0.717, 1.165) is 24.3 Å². The molecule has 2 nitrogen and oxygen atoms in total. The minimum absolute atomic E-state index is 0.742. The number of hydrogen-bond acceptors (Lipinski definition) is 3. The normalized spacial score (nSPS) is 28.8. The number of amidine groups is 1. The molecule has 0 aromatic carbocycles. The number of rotatable bonds is 3. The zero-order chi connectivity index (χ0) is 8.39. The summed E-state index contributed by atoms with van der Waals surface area (Å²) >= 11 is 1.92. The van der Waals surface area contributed by atoms with Gasteiger partial charge in [-0.3, -0.25) is 4.99 Å². The van der Waals surface area contributed by atoms with E-state index in [9.17, 15) is 0 Å². The van der Waals surface area contributed by atoms with Gasteiger partial charge < -0.3 is 5.32 Å². The fourth-order valence-corrected chi connectivity index (χ4v) is 2.23. The summed E-state index contributed by atoms with van der Waals surface area (Å²) in [6.07, 6.45) is 4.08. The number of nitrogens with zero attached hydrogens (tertiary/aromatic N) is 1. The summed E-state index contributed by atoms with van der Waals surface area (Å²) in [6.45, 7) is 4.41. The summed E-state index contributed by atoms with van der Waals surface area (Å²) in [5.74, 6) is 0.953. The first-order valence-electron chi connectivity index (χ1n) is 4.83. The molecule has 1 N–H and O–H groups in total. The van der Waals surface area contributed by atoms with Crippen molar-refractivity contribution in [3.05, 3.63) is 0 Å². The molecule has 1 aliphatic carbocycles. The van der Waals surface area contributed by atoms with Crippen LogP contribution in [-0.4, -0.2) is 23.5 Å². The van der Waals surface area contributed by atoms with Gasteiger partial charge in [0.25, 0.3) is 0 Å². The monoisotopic (exact) mass is 184 g/mol. The molecule has 1 fully saturated rings. The van der Waals surface area contributed by atoms with Crippen LogP contribution in [0.4, 0.5) is 0 Å².